The number of rotatable bonds is 5. The lowest BCUT2D eigenvalue weighted by atomic mass is 10.1. The molecule has 0 bridgehead atoms. The average Bonchev–Trinajstić information content (AvgIpc) is 3.07. The maximum Gasteiger partial charge on any atom is 0.244 e. The number of pyridine rings is 1. The number of para-hydroxylation sites is 2. The van der Waals surface area contributed by atoms with Gasteiger partial charge in [0, 0.05) is 17.4 Å². The van der Waals surface area contributed by atoms with Gasteiger partial charge in [-0.15, -0.1) is 0 Å². The Kier molecular flexibility index (Phi) is 4.68. The lowest BCUT2D eigenvalue weighted by Gasteiger charge is -2.10. The van der Waals surface area contributed by atoms with E-state index in [0.717, 1.165) is 11.0 Å². The summed E-state index contributed by atoms with van der Waals surface area (Å²) in [7, 11) is 0. The first kappa shape index (κ1) is 17.6. The van der Waals surface area contributed by atoms with Crippen LogP contribution in [0.15, 0.2) is 72.9 Å². The molecule has 0 spiro atoms. The molecule has 138 valence electrons. The largest absolute Gasteiger partial charge is 0.325 e. The molecular formula is C22H18N4O2. The van der Waals surface area contributed by atoms with Gasteiger partial charge in [0.05, 0.1) is 11.0 Å². The zero-order valence-electron chi connectivity index (χ0n) is 15.3. The molecule has 0 unspecified atom stereocenters. The minimum Gasteiger partial charge on any atom is -0.325 e. The van der Waals surface area contributed by atoms with Crippen molar-refractivity contribution in [2.75, 3.05) is 5.32 Å². The van der Waals surface area contributed by atoms with Crippen molar-refractivity contribution in [2.24, 2.45) is 0 Å². The fraction of sp³-hybridized carbons (Fsp3) is 0.0909. The third-order valence-corrected chi connectivity index (χ3v) is 4.43. The molecule has 0 saturated carbocycles. The van der Waals surface area contributed by atoms with Crippen LogP contribution in [0.5, 0.6) is 0 Å². The quantitative estimate of drug-likeness (QED) is 0.540. The molecule has 1 N–H and O–H groups in total. The number of fused-ring (bicyclic) bond motifs is 1. The standard InChI is InChI=1S/C22H18N4O2/c1-15(27)16-9-11-17(12-10-16)24-21(28)14-26-20-8-3-2-6-18(20)25-22(26)19-7-4-5-13-23-19/h2-13H,14H2,1H3,(H,24,28). The van der Waals surface area contributed by atoms with Gasteiger partial charge >= 0.3 is 0 Å². The van der Waals surface area contributed by atoms with Crippen LogP contribution in [0.25, 0.3) is 22.6 Å². The first-order valence-corrected chi connectivity index (χ1v) is 8.89. The van der Waals surface area contributed by atoms with Gasteiger partial charge in [-0.1, -0.05) is 18.2 Å². The summed E-state index contributed by atoms with van der Waals surface area (Å²) in [5, 5.41) is 2.87. The number of amides is 1. The van der Waals surface area contributed by atoms with Crippen molar-refractivity contribution in [2.45, 2.75) is 13.5 Å². The van der Waals surface area contributed by atoms with Crippen molar-refractivity contribution in [1.29, 1.82) is 0 Å². The second kappa shape index (κ2) is 7.44. The third kappa shape index (κ3) is 3.53. The molecule has 4 rings (SSSR count). The summed E-state index contributed by atoms with van der Waals surface area (Å²) in [5.74, 6) is 0.447. The number of hydrogen-bond donors (Lipinski definition) is 1. The third-order valence-electron chi connectivity index (χ3n) is 4.43. The highest BCUT2D eigenvalue weighted by molar-refractivity contribution is 5.96. The number of nitrogens with zero attached hydrogens (tertiary/aromatic N) is 3. The highest BCUT2D eigenvalue weighted by Crippen LogP contribution is 2.23. The average molecular weight is 370 g/mol. The van der Waals surface area contributed by atoms with Crippen LogP contribution in [0.4, 0.5) is 5.69 Å². The number of carbonyl (C=O) groups excluding carboxylic acids is 2. The Balaban J connectivity index is 1.63. The van der Waals surface area contributed by atoms with Crippen LogP contribution in [0.3, 0.4) is 0 Å². The summed E-state index contributed by atoms with van der Waals surface area (Å²) in [6, 6.07) is 20.1. The lowest BCUT2D eigenvalue weighted by molar-refractivity contribution is -0.116. The van der Waals surface area contributed by atoms with E-state index in [1.165, 1.54) is 6.92 Å². The van der Waals surface area contributed by atoms with Crippen LogP contribution >= 0.6 is 0 Å². The number of Topliss-reactive ketones (excluding diaryl/α,β-unsaturated/α-hetero) is 1. The van der Waals surface area contributed by atoms with E-state index in [9.17, 15) is 9.59 Å². The predicted molar refractivity (Wildman–Crippen MR) is 108 cm³/mol. The Morgan fingerprint density at radius 2 is 1.71 bits per heavy atom. The normalized spacial score (nSPS) is 10.8. The van der Waals surface area contributed by atoms with Crippen LogP contribution in [0, 0.1) is 0 Å². The lowest BCUT2D eigenvalue weighted by Crippen LogP contribution is -2.19. The molecule has 2 heterocycles. The van der Waals surface area contributed by atoms with Crippen molar-refractivity contribution in [1.82, 2.24) is 14.5 Å². The van der Waals surface area contributed by atoms with Crippen LogP contribution in [-0.2, 0) is 11.3 Å². The zero-order valence-corrected chi connectivity index (χ0v) is 15.3. The number of ketones is 1. The molecule has 2 aromatic carbocycles. The van der Waals surface area contributed by atoms with E-state index in [0.29, 0.717) is 22.8 Å². The summed E-state index contributed by atoms with van der Waals surface area (Å²) in [6.07, 6.45) is 1.70. The van der Waals surface area contributed by atoms with Gasteiger partial charge in [0.15, 0.2) is 11.6 Å². The molecule has 6 nitrogen and oxygen atoms in total. The number of aromatic nitrogens is 3. The Morgan fingerprint density at radius 1 is 0.964 bits per heavy atom. The SMILES string of the molecule is CC(=O)c1ccc(NC(=O)Cn2c(-c3ccccn3)nc3ccccc32)cc1. The van der Waals surface area contributed by atoms with Gasteiger partial charge in [0.2, 0.25) is 5.91 Å². The second-order valence-corrected chi connectivity index (χ2v) is 6.41. The van der Waals surface area contributed by atoms with E-state index in [2.05, 4.69) is 15.3 Å². The fourth-order valence-electron chi connectivity index (χ4n) is 3.06. The van der Waals surface area contributed by atoms with Crippen molar-refractivity contribution in [3.63, 3.8) is 0 Å². The number of hydrogen-bond acceptors (Lipinski definition) is 4. The molecule has 0 aliphatic carbocycles. The summed E-state index contributed by atoms with van der Waals surface area (Å²) >= 11 is 0. The Morgan fingerprint density at radius 3 is 2.43 bits per heavy atom. The maximum atomic E-state index is 12.7. The van der Waals surface area contributed by atoms with Crippen LogP contribution < -0.4 is 5.32 Å². The van der Waals surface area contributed by atoms with Gasteiger partial charge in [0.1, 0.15) is 12.2 Å². The first-order chi connectivity index (χ1) is 13.6. The van der Waals surface area contributed by atoms with Crippen LogP contribution in [0.1, 0.15) is 17.3 Å². The van der Waals surface area contributed by atoms with Gasteiger partial charge in [-0.25, -0.2) is 4.98 Å². The zero-order chi connectivity index (χ0) is 19.5. The Labute approximate surface area is 161 Å². The number of imidazole rings is 1. The molecule has 0 aliphatic heterocycles. The molecule has 0 atom stereocenters. The summed E-state index contributed by atoms with van der Waals surface area (Å²) < 4.78 is 1.86. The van der Waals surface area contributed by atoms with Gasteiger partial charge in [-0.2, -0.15) is 0 Å². The topological polar surface area (TPSA) is 76.9 Å². The highest BCUT2D eigenvalue weighted by Gasteiger charge is 2.16. The number of nitrogens with one attached hydrogen (secondary N) is 1. The molecule has 0 radical (unpaired) electrons. The monoisotopic (exact) mass is 370 g/mol. The minimum absolute atomic E-state index is 0.0113. The number of anilines is 1. The Hall–Kier alpha value is -3.80. The number of benzene rings is 2. The molecule has 0 fully saturated rings. The molecular weight excluding hydrogens is 352 g/mol. The smallest absolute Gasteiger partial charge is 0.244 e. The van der Waals surface area contributed by atoms with Crippen molar-refractivity contribution in [3.8, 4) is 11.5 Å². The van der Waals surface area contributed by atoms with Crippen LogP contribution in [0.2, 0.25) is 0 Å². The van der Waals surface area contributed by atoms with Crippen LogP contribution in [-0.4, -0.2) is 26.2 Å². The van der Waals surface area contributed by atoms with Gasteiger partial charge < -0.3 is 9.88 Å². The molecule has 28 heavy (non-hydrogen) atoms. The first-order valence-electron chi connectivity index (χ1n) is 8.89. The van der Waals surface area contributed by atoms with Crippen molar-refractivity contribution in [3.05, 3.63) is 78.5 Å². The maximum absolute atomic E-state index is 12.7. The molecule has 0 aliphatic rings. The van der Waals surface area contributed by atoms with E-state index in [1.807, 2.05) is 47.0 Å². The molecule has 4 aromatic rings. The highest BCUT2D eigenvalue weighted by atomic mass is 16.2. The van der Waals surface area contributed by atoms with Crippen molar-refractivity contribution < 1.29 is 9.59 Å². The molecule has 0 saturated heterocycles. The van der Waals surface area contributed by atoms with E-state index in [4.69, 9.17) is 0 Å². The minimum atomic E-state index is -0.184. The van der Waals surface area contributed by atoms with Gasteiger partial charge in [-0.3, -0.25) is 14.6 Å². The van der Waals surface area contributed by atoms with Gasteiger partial charge in [0.25, 0.3) is 0 Å². The molecule has 1 amide bonds. The van der Waals surface area contributed by atoms with E-state index >= 15 is 0 Å². The molecule has 6 heteroatoms. The fourth-order valence-corrected chi connectivity index (χ4v) is 3.06. The van der Waals surface area contributed by atoms with E-state index in [-0.39, 0.29) is 18.2 Å². The number of carbonyl (C=O) groups is 2. The Bertz CT molecular complexity index is 1150. The van der Waals surface area contributed by atoms with Crippen molar-refractivity contribution >= 4 is 28.4 Å². The predicted octanol–water partition coefficient (Wildman–Crippen LogP) is 3.94. The van der Waals surface area contributed by atoms with E-state index in [1.54, 1.807) is 30.5 Å². The molecule has 2 aromatic heterocycles. The van der Waals surface area contributed by atoms with Gasteiger partial charge in [-0.05, 0) is 55.5 Å². The second-order valence-electron chi connectivity index (χ2n) is 6.41. The van der Waals surface area contributed by atoms with E-state index < -0.39 is 0 Å². The summed E-state index contributed by atoms with van der Waals surface area (Å²) in [6.45, 7) is 1.61. The summed E-state index contributed by atoms with van der Waals surface area (Å²) in [5.41, 5.74) is 3.62. The summed E-state index contributed by atoms with van der Waals surface area (Å²) in [4.78, 5) is 33.1.